The van der Waals surface area contributed by atoms with E-state index in [9.17, 15) is 8.42 Å². The highest BCUT2D eigenvalue weighted by Crippen LogP contribution is 2.52. The summed E-state index contributed by atoms with van der Waals surface area (Å²) in [5.41, 5.74) is 5.52. The van der Waals surface area contributed by atoms with Gasteiger partial charge in [0.25, 0.3) is 10.0 Å². The molecule has 0 saturated carbocycles. The second kappa shape index (κ2) is 8.96. The van der Waals surface area contributed by atoms with Crippen molar-refractivity contribution in [2.45, 2.75) is 37.1 Å². The average molecular weight is 491 g/mol. The summed E-state index contributed by atoms with van der Waals surface area (Å²) in [6.45, 7) is 3.89. The van der Waals surface area contributed by atoms with Crippen molar-refractivity contribution in [1.82, 2.24) is 0 Å². The molecule has 7 heteroatoms. The van der Waals surface area contributed by atoms with Crippen molar-refractivity contribution in [2.24, 2.45) is 5.92 Å². The molecule has 0 unspecified atom stereocenters. The Labute approximate surface area is 207 Å². The smallest absolute Gasteiger partial charge is 0.261 e. The lowest BCUT2D eigenvalue weighted by molar-refractivity contribution is 0.341. The number of hydrogen-bond donors (Lipinski definition) is 2. The standard InChI is InChI=1S/C28H30N2O4S/c1-17-11-13-24(18(2)15-17)30-35(31,32)19-12-14-25-23(16-19)20-7-5-8-21(20)27(29-25)22-9-6-10-26(33-3)28(22)34-4/h5-7,9-16,20-21,27,29-30H,8H2,1-4H3/t20-,21+,27-/m0/s1. The number of rotatable bonds is 6. The Hall–Kier alpha value is -3.45. The zero-order chi connectivity index (χ0) is 24.7. The predicted molar refractivity (Wildman–Crippen MR) is 139 cm³/mol. The number of para-hydroxylation sites is 1. The monoisotopic (exact) mass is 490 g/mol. The molecule has 0 amide bonds. The fourth-order valence-electron chi connectivity index (χ4n) is 5.34. The second-order valence-electron chi connectivity index (χ2n) is 9.23. The number of sulfonamides is 1. The zero-order valence-electron chi connectivity index (χ0n) is 20.3. The summed E-state index contributed by atoms with van der Waals surface area (Å²) in [6, 6.07) is 16.9. The van der Waals surface area contributed by atoms with E-state index in [1.165, 1.54) is 0 Å². The van der Waals surface area contributed by atoms with Crippen LogP contribution in [0.1, 0.15) is 40.6 Å². The number of allylic oxidation sites excluding steroid dienone is 2. The summed E-state index contributed by atoms with van der Waals surface area (Å²) in [4.78, 5) is 0.259. The molecule has 1 heterocycles. The Morgan fingerprint density at radius 2 is 1.80 bits per heavy atom. The highest BCUT2D eigenvalue weighted by molar-refractivity contribution is 7.92. The summed E-state index contributed by atoms with van der Waals surface area (Å²) in [5, 5.41) is 3.66. The van der Waals surface area contributed by atoms with Gasteiger partial charge in [0, 0.05) is 17.2 Å². The Balaban J connectivity index is 1.51. The SMILES string of the molecule is COc1cccc([C@H]2Nc3ccc(S(=O)(=O)Nc4ccc(C)cc4C)cc3[C@H]3C=CC[C@H]32)c1OC. The van der Waals surface area contributed by atoms with Crippen molar-refractivity contribution in [3.8, 4) is 11.5 Å². The summed E-state index contributed by atoms with van der Waals surface area (Å²) in [6.07, 6.45) is 5.26. The quantitative estimate of drug-likeness (QED) is 0.418. The van der Waals surface area contributed by atoms with Gasteiger partial charge in [0.2, 0.25) is 0 Å². The number of methoxy groups -OCH3 is 2. The molecule has 3 aromatic carbocycles. The number of anilines is 2. The van der Waals surface area contributed by atoms with Crippen molar-refractivity contribution in [3.05, 3.63) is 89.0 Å². The first kappa shape index (κ1) is 23.3. The molecule has 3 aromatic rings. The summed E-state index contributed by atoms with van der Waals surface area (Å²) < 4.78 is 40.6. The molecule has 2 N–H and O–H groups in total. The molecule has 0 spiro atoms. The Bertz CT molecular complexity index is 1410. The molecular formula is C28H30N2O4S. The summed E-state index contributed by atoms with van der Waals surface area (Å²) in [5.74, 6) is 1.75. The lowest BCUT2D eigenvalue weighted by Gasteiger charge is -2.38. The minimum absolute atomic E-state index is 0.00309. The first-order valence-electron chi connectivity index (χ1n) is 11.7. The maximum absolute atomic E-state index is 13.3. The van der Waals surface area contributed by atoms with Gasteiger partial charge in [-0.25, -0.2) is 8.42 Å². The molecule has 0 aromatic heterocycles. The fraction of sp³-hybridized carbons (Fsp3) is 0.286. The lowest BCUT2D eigenvalue weighted by atomic mass is 9.77. The van der Waals surface area contributed by atoms with Gasteiger partial charge in [-0.3, -0.25) is 4.72 Å². The molecule has 1 aliphatic carbocycles. The molecule has 35 heavy (non-hydrogen) atoms. The van der Waals surface area contributed by atoms with Gasteiger partial charge in [0.1, 0.15) is 0 Å². The third kappa shape index (κ3) is 4.14. The Morgan fingerprint density at radius 3 is 2.54 bits per heavy atom. The number of benzene rings is 3. The number of aryl methyl sites for hydroxylation is 2. The topological polar surface area (TPSA) is 76.7 Å². The molecule has 5 rings (SSSR count). The van der Waals surface area contributed by atoms with Crippen LogP contribution in [-0.4, -0.2) is 22.6 Å². The van der Waals surface area contributed by atoms with Gasteiger partial charge in [-0.15, -0.1) is 0 Å². The van der Waals surface area contributed by atoms with Crippen LogP contribution in [0.2, 0.25) is 0 Å². The number of ether oxygens (including phenoxy) is 2. The molecule has 0 radical (unpaired) electrons. The van der Waals surface area contributed by atoms with Crippen molar-refractivity contribution >= 4 is 21.4 Å². The van der Waals surface area contributed by atoms with Gasteiger partial charge >= 0.3 is 0 Å². The minimum Gasteiger partial charge on any atom is -0.493 e. The highest BCUT2D eigenvalue weighted by Gasteiger charge is 2.40. The van der Waals surface area contributed by atoms with Crippen LogP contribution in [0.3, 0.4) is 0 Å². The minimum atomic E-state index is -3.73. The maximum atomic E-state index is 13.3. The van der Waals surface area contributed by atoms with Crippen LogP contribution < -0.4 is 19.5 Å². The van der Waals surface area contributed by atoms with Gasteiger partial charge in [0.15, 0.2) is 11.5 Å². The van der Waals surface area contributed by atoms with E-state index in [4.69, 9.17) is 9.47 Å². The van der Waals surface area contributed by atoms with Gasteiger partial charge in [-0.1, -0.05) is 42.0 Å². The van der Waals surface area contributed by atoms with Crippen LogP contribution in [-0.2, 0) is 10.0 Å². The van der Waals surface area contributed by atoms with E-state index in [0.29, 0.717) is 11.4 Å². The molecule has 3 atom stereocenters. The summed E-state index contributed by atoms with van der Waals surface area (Å²) >= 11 is 0. The number of hydrogen-bond acceptors (Lipinski definition) is 5. The molecule has 0 bridgehead atoms. The van der Waals surface area contributed by atoms with Crippen LogP contribution in [0, 0.1) is 19.8 Å². The zero-order valence-corrected chi connectivity index (χ0v) is 21.1. The maximum Gasteiger partial charge on any atom is 0.261 e. The van der Waals surface area contributed by atoms with E-state index < -0.39 is 10.0 Å². The number of fused-ring (bicyclic) bond motifs is 3. The van der Waals surface area contributed by atoms with E-state index in [0.717, 1.165) is 40.1 Å². The lowest BCUT2D eigenvalue weighted by Crippen LogP contribution is -2.29. The van der Waals surface area contributed by atoms with E-state index in [1.807, 2.05) is 50.2 Å². The van der Waals surface area contributed by atoms with Crippen molar-refractivity contribution in [2.75, 3.05) is 24.3 Å². The largest absolute Gasteiger partial charge is 0.493 e. The van der Waals surface area contributed by atoms with Crippen LogP contribution >= 0.6 is 0 Å². The van der Waals surface area contributed by atoms with Gasteiger partial charge in [0.05, 0.1) is 30.8 Å². The first-order valence-corrected chi connectivity index (χ1v) is 13.2. The fourth-order valence-corrected chi connectivity index (χ4v) is 6.50. The molecule has 0 saturated heterocycles. The third-order valence-electron chi connectivity index (χ3n) is 7.04. The van der Waals surface area contributed by atoms with Crippen LogP contribution in [0.5, 0.6) is 11.5 Å². The van der Waals surface area contributed by atoms with Crippen molar-refractivity contribution in [1.29, 1.82) is 0 Å². The van der Waals surface area contributed by atoms with Gasteiger partial charge in [-0.2, -0.15) is 0 Å². The summed E-state index contributed by atoms with van der Waals surface area (Å²) in [7, 11) is -0.441. The highest BCUT2D eigenvalue weighted by atomic mass is 32.2. The predicted octanol–water partition coefficient (Wildman–Crippen LogP) is 5.95. The van der Waals surface area contributed by atoms with E-state index >= 15 is 0 Å². The van der Waals surface area contributed by atoms with Crippen LogP contribution in [0.15, 0.2) is 71.6 Å². The van der Waals surface area contributed by atoms with E-state index in [-0.39, 0.29) is 22.8 Å². The van der Waals surface area contributed by atoms with Crippen molar-refractivity contribution in [3.63, 3.8) is 0 Å². The second-order valence-corrected chi connectivity index (χ2v) is 10.9. The average Bonchev–Trinajstić information content (AvgIpc) is 3.35. The Kier molecular flexibility index (Phi) is 5.97. The molecule has 182 valence electrons. The molecule has 2 aliphatic rings. The normalized spacial score (nSPS) is 20.5. The van der Waals surface area contributed by atoms with E-state index in [1.54, 1.807) is 26.4 Å². The molecule has 6 nitrogen and oxygen atoms in total. The third-order valence-corrected chi connectivity index (χ3v) is 8.40. The molecular weight excluding hydrogens is 460 g/mol. The van der Waals surface area contributed by atoms with Gasteiger partial charge < -0.3 is 14.8 Å². The molecule has 0 fully saturated rings. The van der Waals surface area contributed by atoms with Crippen molar-refractivity contribution < 1.29 is 17.9 Å². The van der Waals surface area contributed by atoms with E-state index in [2.05, 4.69) is 28.3 Å². The van der Waals surface area contributed by atoms with Gasteiger partial charge in [-0.05, 0) is 67.6 Å². The first-order chi connectivity index (χ1) is 16.8. The molecule has 1 aliphatic heterocycles. The van der Waals surface area contributed by atoms with Crippen LogP contribution in [0.25, 0.3) is 0 Å². The van der Waals surface area contributed by atoms with Crippen LogP contribution in [0.4, 0.5) is 11.4 Å². The number of nitrogens with one attached hydrogen (secondary N) is 2. The Morgan fingerprint density at radius 1 is 0.971 bits per heavy atom.